The van der Waals surface area contributed by atoms with Crippen LogP contribution in [0.25, 0.3) is 59.8 Å². The summed E-state index contributed by atoms with van der Waals surface area (Å²) in [5.74, 6) is -0.301. The number of hydrogen-bond acceptors (Lipinski definition) is 0. The van der Waals surface area contributed by atoms with Crippen LogP contribution < -0.4 is 0 Å². The van der Waals surface area contributed by atoms with Gasteiger partial charge in [0.25, 0.3) is 0 Å². The van der Waals surface area contributed by atoms with Crippen molar-refractivity contribution in [1.29, 1.82) is 0 Å². The molecule has 0 bridgehead atoms. The lowest BCUT2D eigenvalue weighted by molar-refractivity contribution is 0.629. The lowest BCUT2D eigenvalue weighted by atomic mass is 10.1. The molecule has 7 aromatic rings. The average molecular weight is 452 g/mol. The van der Waals surface area contributed by atoms with Crippen molar-refractivity contribution in [3.63, 3.8) is 0 Å². The van der Waals surface area contributed by atoms with Gasteiger partial charge in [-0.05, 0) is 54.6 Å². The quantitative estimate of drug-likeness (QED) is 0.234. The second-order valence-corrected chi connectivity index (χ2v) is 8.67. The van der Waals surface area contributed by atoms with Crippen LogP contribution in [0.3, 0.4) is 0 Å². The summed E-state index contributed by atoms with van der Waals surface area (Å²) in [5.41, 5.74) is 6.28. The van der Waals surface area contributed by atoms with Gasteiger partial charge in [-0.2, -0.15) is 0 Å². The Kier molecular flexibility index (Phi) is 4.09. The summed E-state index contributed by atoms with van der Waals surface area (Å²) < 4.78 is 18.7. The first-order chi connectivity index (χ1) is 17.2. The molecule has 0 saturated carbocycles. The maximum absolute atomic E-state index is 14.4. The number of aromatic nitrogens is 2. The Balaban J connectivity index is 1.60. The Hall–Kier alpha value is -4.88. The van der Waals surface area contributed by atoms with Gasteiger partial charge in [0, 0.05) is 27.2 Å². The van der Waals surface area contributed by atoms with E-state index in [4.69, 9.17) is 6.57 Å². The third-order valence-corrected chi connectivity index (χ3v) is 6.79. The summed E-state index contributed by atoms with van der Waals surface area (Å²) in [6.07, 6.45) is 0. The van der Waals surface area contributed by atoms with Crippen LogP contribution in [0.1, 0.15) is 0 Å². The molecule has 2 heterocycles. The van der Waals surface area contributed by atoms with Crippen LogP contribution in [0, 0.1) is 12.4 Å². The molecule has 0 aliphatic carbocycles. The van der Waals surface area contributed by atoms with Crippen molar-refractivity contribution in [1.82, 2.24) is 9.13 Å². The highest BCUT2D eigenvalue weighted by Crippen LogP contribution is 2.38. The smallest absolute Gasteiger partial charge is 0.210 e. The molecule has 3 nitrogen and oxygen atoms in total. The van der Waals surface area contributed by atoms with Crippen molar-refractivity contribution >= 4 is 49.3 Å². The fourth-order valence-corrected chi connectivity index (χ4v) is 5.33. The molecule has 4 heteroatoms. The van der Waals surface area contributed by atoms with Gasteiger partial charge in [-0.1, -0.05) is 54.6 Å². The zero-order valence-electron chi connectivity index (χ0n) is 18.6. The highest BCUT2D eigenvalue weighted by atomic mass is 19.1. The molecule has 0 unspecified atom stereocenters. The highest BCUT2D eigenvalue weighted by Gasteiger charge is 2.17. The van der Waals surface area contributed by atoms with E-state index in [-0.39, 0.29) is 5.82 Å². The van der Waals surface area contributed by atoms with E-state index in [1.54, 1.807) is 12.1 Å². The Morgan fingerprint density at radius 2 is 1.17 bits per heavy atom. The SMILES string of the molecule is [C-]#[N+]c1ccccc1-n1c2ccc(-n3c4ccccc4c4ccccc43)cc2c2ccc(F)cc21. The molecule has 0 spiro atoms. The lowest BCUT2D eigenvalue weighted by Crippen LogP contribution is -1.96. The minimum absolute atomic E-state index is 0.301. The first-order valence-corrected chi connectivity index (χ1v) is 11.4. The highest BCUT2D eigenvalue weighted by molar-refractivity contribution is 6.12. The van der Waals surface area contributed by atoms with Crippen LogP contribution in [0.15, 0.2) is 109 Å². The van der Waals surface area contributed by atoms with Crippen molar-refractivity contribution in [3.05, 3.63) is 126 Å². The van der Waals surface area contributed by atoms with E-state index in [0.717, 1.165) is 44.2 Å². The third-order valence-electron chi connectivity index (χ3n) is 6.79. The minimum atomic E-state index is -0.301. The predicted octanol–water partition coefficient (Wildman–Crippen LogP) is 8.57. The Bertz CT molecular complexity index is 1930. The second kappa shape index (κ2) is 7.31. The van der Waals surface area contributed by atoms with Crippen LogP contribution in [0.5, 0.6) is 0 Å². The molecule has 0 fully saturated rings. The molecule has 0 atom stereocenters. The van der Waals surface area contributed by atoms with Gasteiger partial charge < -0.3 is 9.13 Å². The van der Waals surface area contributed by atoms with Crippen molar-refractivity contribution in [2.45, 2.75) is 0 Å². The van der Waals surface area contributed by atoms with Gasteiger partial charge in [-0.25, -0.2) is 9.24 Å². The van der Waals surface area contributed by atoms with Gasteiger partial charge in [0.05, 0.1) is 34.3 Å². The number of halogens is 1. The van der Waals surface area contributed by atoms with Gasteiger partial charge in [0.2, 0.25) is 5.69 Å². The number of hydrogen-bond donors (Lipinski definition) is 0. The van der Waals surface area contributed by atoms with E-state index in [2.05, 4.69) is 76.1 Å². The Morgan fingerprint density at radius 1 is 0.543 bits per heavy atom. The molecule has 0 saturated heterocycles. The monoisotopic (exact) mass is 451 g/mol. The molecule has 0 aliphatic heterocycles. The van der Waals surface area contributed by atoms with Gasteiger partial charge >= 0.3 is 0 Å². The molecule has 35 heavy (non-hydrogen) atoms. The molecular formula is C31H18FN3. The topological polar surface area (TPSA) is 14.2 Å². The minimum Gasteiger partial charge on any atom is -0.319 e. The van der Waals surface area contributed by atoms with E-state index in [1.807, 2.05) is 28.8 Å². The first kappa shape index (κ1) is 19.6. The maximum Gasteiger partial charge on any atom is 0.210 e. The predicted molar refractivity (Wildman–Crippen MR) is 141 cm³/mol. The molecule has 7 rings (SSSR count). The van der Waals surface area contributed by atoms with Gasteiger partial charge in [0.1, 0.15) is 5.82 Å². The fraction of sp³-hybridized carbons (Fsp3) is 0. The van der Waals surface area contributed by atoms with E-state index in [1.165, 1.54) is 16.8 Å². The van der Waals surface area contributed by atoms with Gasteiger partial charge in [-0.3, -0.25) is 0 Å². The van der Waals surface area contributed by atoms with Gasteiger partial charge in [0.15, 0.2) is 0 Å². The number of nitrogens with zero attached hydrogens (tertiary/aromatic N) is 3. The molecule has 2 aromatic heterocycles. The molecule has 0 amide bonds. The summed E-state index contributed by atoms with van der Waals surface area (Å²) in [6.45, 7) is 7.66. The van der Waals surface area contributed by atoms with Crippen molar-refractivity contribution in [2.75, 3.05) is 0 Å². The number of benzene rings is 5. The normalized spacial score (nSPS) is 11.5. The van der Waals surface area contributed by atoms with Crippen molar-refractivity contribution < 1.29 is 4.39 Å². The number of fused-ring (bicyclic) bond motifs is 6. The fourth-order valence-electron chi connectivity index (χ4n) is 5.33. The zero-order valence-corrected chi connectivity index (χ0v) is 18.6. The lowest BCUT2D eigenvalue weighted by Gasteiger charge is -2.11. The largest absolute Gasteiger partial charge is 0.319 e. The van der Waals surface area contributed by atoms with Crippen LogP contribution in [-0.4, -0.2) is 9.13 Å². The molecule has 5 aromatic carbocycles. The third kappa shape index (κ3) is 2.76. The molecule has 164 valence electrons. The molecular weight excluding hydrogens is 433 g/mol. The van der Waals surface area contributed by atoms with Crippen LogP contribution in [-0.2, 0) is 0 Å². The maximum atomic E-state index is 14.4. The summed E-state index contributed by atoms with van der Waals surface area (Å²) in [4.78, 5) is 3.72. The van der Waals surface area contributed by atoms with E-state index < -0.39 is 0 Å². The first-order valence-electron chi connectivity index (χ1n) is 11.4. The van der Waals surface area contributed by atoms with Crippen molar-refractivity contribution in [3.8, 4) is 11.4 Å². The van der Waals surface area contributed by atoms with E-state index in [9.17, 15) is 4.39 Å². The molecule has 0 radical (unpaired) electrons. The van der Waals surface area contributed by atoms with E-state index in [0.29, 0.717) is 5.69 Å². The van der Waals surface area contributed by atoms with Crippen LogP contribution in [0.2, 0.25) is 0 Å². The van der Waals surface area contributed by atoms with Crippen LogP contribution >= 0.6 is 0 Å². The average Bonchev–Trinajstić information content (AvgIpc) is 3.40. The summed E-state index contributed by atoms with van der Waals surface area (Å²) in [5, 5.41) is 4.38. The second-order valence-electron chi connectivity index (χ2n) is 8.67. The molecule has 0 aliphatic rings. The van der Waals surface area contributed by atoms with Gasteiger partial charge in [-0.15, -0.1) is 0 Å². The van der Waals surface area contributed by atoms with Crippen LogP contribution in [0.4, 0.5) is 10.1 Å². The molecule has 0 N–H and O–H groups in total. The Labute approximate surface area is 200 Å². The summed E-state index contributed by atoms with van der Waals surface area (Å²) >= 11 is 0. The van der Waals surface area contributed by atoms with E-state index >= 15 is 0 Å². The number of rotatable bonds is 2. The zero-order chi connectivity index (χ0) is 23.5. The number of para-hydroxylation sites is 4. The standard InChI is InChI=1S/C31H18FN3/c1-33-26-10-4-7-13-30(26)35-29-17-15-21(19-25(29)24-16-14-20(32)18-31(24)35)34-27-11-5-2-8-22(27)23-9-3-6-12-28(23)34/h2-19H. The Morgan fingerprint density at radius 3 is 1.91 bits per heavy atom. The van der Waals surface area contributed by atoms with Crippen molar-refractivity contribution in [2.24, 2.45) is 0 Å². The summed E-state index contributed by atoms with van der Waals surface area (Å²) in [6, 6.07) is 35.6. The summed E-state index contributed by atoms with van der Waals surface area (Å²) in [7, 11) is 0.